The smallest absolute Gasteiger partial charge is 0.236 e. The second kappa shape index (κ2) is 5.78. The first-order valence-corrected chi connectivity index (χ1v) is 4.90. The molecule has 0 aromatic carbocycles. The molecule has 1 fully saturated rings. The van der Waals surface area contributed by atoms with Gasteiger partial charge in [-0.2, -0.15) is 0 Å². The molecular weight excluding hydrogens is 180 g/mol. The molecule has 1 rings (SSSR count). The van der Waals surface area contributed by atoms with E-state index in [4.69, 9.17) is 4.74 Å². The summed E-state index contributed by atoms with van der Waals surface area (Å²) in [6.45, 7) is 6.18. The van der Waals surface area contributed by atoms with Crippen LogP contribution in [0.3, 0.4) is 0 Å². The fourth-order valence-corrected chi connectivity index (χ4v) is 1.54. The molecule has 0 aromatic rings. The highest BCUT2D eigenvalue weighted by atomic mass is 16.5. The van der Waals surface area contributed by atoms with Crippen molar-refractivity contribution >= 4 is 5.91 Å². The summed E-state index contributed by atoms with van der Waals surface area (Å²) in [5, 5.41) is 2.99. The number of hydrogen-bond donors (Lipinski definition) is 1. The molecule has 0 aromatic heterocycles. The predicted molar refractivity (Wildman–Crippen MR) is 55.1 cm³/mol. The predicted octanol–water partition coefficient (Wildman–Crippen LogP) is 0.00930. The van der Waals surface area contributed by atoms with Gasteiger partial charge in [-0.25, -0.2) is 0 Å². The van der Waals surface area contributed by atoms with E-state index in [2.05, 4.69) is 11.9 Å². The van der Waals surface area contributed by atoms with E-state index in [9.17, 15) is 4.79 Å². The third-order valence-electron chi connectivity index (χ3n) is 2.40. The zero-order valence-corrected chi connectivity index (χ0v) is 8.66. The molecule has 14 heavy (non-hydrogen) atoms. The molecule has 1 amide bonds. The van der Waals surface area contributed by atoms with Crippen LogP contribution in [0.5, 0.6) is 0 Å². The average molecular weight is 198 g/mol. The van der Waals surface area contributed by atoms with Crippen molar-refractivity contribution < 1.29 is 9.53 Å². The van der Waals surface area contributed by atoms with Crippen molar-refractivity contribution in [1.29, 1.82) is 0 Å². The van der Waals surface area contributed by atoms with Gasteiger partial charge in [0.25, 0.3) is 0 Å². The van der Waals surface area contributed by atoms with Crippen LogP contribution in [-0.2, 0) is 9.53 Å². The van der Waals surface area contributed by atoms with Crippen LogP contribution in [-0.4, -0.2) is 50.2 Å². The fraction of sp³-hybridized carbons (Fsp3) is 0.700. The van der Waals surface area contributed by atoms with Crippen molar-refractivity contribution in [2.45, 2.75) is 12.5 Å². The van der Waals surface area contributed by atoms with Crippen LogP contribution in [0.2, 0.25) is 0 Å². The Hall–Kier alpha value is -0.870. The number of rotatable bonds is 5. The lowest BCUT2D eigenvalue weighted by molar-refractivity contribution is -0.129. The van der Waals surface area contributed by atoms with Gasteiger partial charge in [0, 0.05) is 26.7 Å². The summed E-state index contributed by atoms with van der Waals surface area (Å²) in [4.78, 5) is 13.4. The molecule has 1 N–H and O–H groups in total. The molecule has 0 bridgehead atoms. The highest BCUT2D eigenvalue weighted by Gasteiger charge is 2.25. The van der Waals surface area contributed by atoms with Crippen molar-refractivity contribution in [3.63, 3.8) is 0 Å². The monoisotopic (exact) mass is 198 g/mol. The summed E-state index contributed by atoms with van der Waals surface area (Å²) in [6, 6.07) is 0. The lowest BCUT2D eigenvalue weighted by Crippen LogP contribution is -2.37. The second-order valence-electron chi connectivity index (χ2n) is 3.41. The maximum atomic E-state index is 11.6. The summed E-state index contributed by atoms with van der Waals surface area (Å²) >= 11 is 0. The zero-order chi connectivity index (χ0) is 10.4. The number of carbonyl (C=O) groups excluding carboxylic acids is 1. The first kappa shape index (κ1) is 11.2. The van der Waals surface area contributed by atoms with Gasteiger partial charge in [-0.1, -0.05) is 6.08 Å². The third-order valence-corrected chi connectivity index (χ3v) is 2.40. The summed E-state index contributed by atoms with van der Waals surface area (Å²) in [7, 11) is 1.69. The Bertz CT molecular complexity index is 206. The number of nitrogens with zero attached hydrogens (tertiary/aromatic N) is 1. The van der Waals surface area contributed by atoms with Crippen molar-refractivity contribution in [2.24, 2.45) is 0 Å². The number of nitrogens with one attached hydrogen (secondary N) is 1. The summed E-state index contributed by atoms with van der Waals surface area (Å²) < 4.78 is 5.19. The van der Waals surface area contributed by atoms with Gasteiger partial charge in [0.1, 0.15) is 0 Å². The molecule has 1 aliphatic heterocycles. The van der Waals surface area contributed by atoms with Gasteiger partial charge in [-0.05, 0) is 6.42 Å². The number of hydrogen-bond acceptors (Lipinski definition) is 3. The molecule has 1 aliphatic rings. The Morgan fingerprint density at radius 2 is 2.57 bits per heavy atom. The van der Waals surface area contributed by atoms with Crippen LogP contribution in [0.15, 0.2) is 12.7 Å². The highest BCUT2D eigenvalue weighted by molar-refractivity contribution is 5.78. The Balaban J connectivity index is 2.21. The van der Waals surface area contributed by atoms with Crippen LogP contribution < -0.4 is 5.32 Å². The number of likely N-dealkylation sites (tertiary alicyclic amines) is 1. The number of amides is 1. The molecule has 80 valence electrons. The molecule has 0 aliphatic carbocycles. The van der Waals surface area contributed by atoms with E-state index in [1.54, 1.807) is 13.2 Å². The number of methoxy groups -OCH3 is 1. The highest BCUT2D eigenvalue weighted by Crippen LogP contribution is 2.11. The largest absolute Gasteiger partial charge is 0.380 e. The molecule has 0 radical (unpaired) electrons. The van der Waals surface area contributed by atoms with E-state index in [1.165, 1.54) is 0 Å². The van der Waals surface area contributed by atoms with E-state index in [0.29, 0.717) is 13.1 Å². The van der Waals surface area contributed by atoms with E-state index in [0.717, 1.165) is 19.5 Å². The Morgan fingerprint density at radius 3 is 3.14 bits per heavy atom. The fourth-order valence-electron chi connectivity index (χ4n) is 1.54. The van der Waals surface area contributed by atoms with Gasteiger partial charge >= 0.3 is 0 Å². The van der Waals surface area contributed by atoms with Crippen molar-refractivity contribution in [3.05, 3.63) is 12.7 Å². The Kier molecular flexibility index (Phi) is 4.62. The minimum Gasteiger partial charge on any atom is -0.380 e. The van der Waals surface area contributed by atoms with Crippen LogP contribution >= 0.6 is 0 Å². The molecule has 1 atom stereocenters. The maximum absolute atomic E-state index is 11.6. The van der Waals surface area contributed by atoms with Gasteiger partial charge in [0.05, 0.1) is 12.6 Å². The molecule has 4 nitrogen and oxygen atoms in total. The van der Waals surface area contributed by atoms with Gasteiger partial charge in [-0.15, -0.1) is 6.58 Å². The SMILES string of the molecule is C=CCNCC(=O)N1CCC(OC)C1. The summed E-state index contributed by atoms with van der Waals surface area (Å²) in [6.07, 6.45) is 2.91. The minimum absolute atomic E-state index is 0.145. The zero-order valence-electron chi connectivity index (χ0n) is 8.66. The van der Waals surface area contributed by atoms with Crippen LogP contribution in [0, 0.1) is 0 Å². The summed E-state index contributed by atoms with van der Waals surface area (Å²) in [5.74, 6) is 0.145. The molecule has 0 saturated carbocycles. The molecule has 1 unspecified atom stereocenters. The van der Waals surface area contributed by atoms with Crippen LogP contribution in [0.4, 0.5) is 0 Å². The van der Waals surface area contributed by atoms with Gasteiger partial charge in [0.15, 0.2) is 0 Å². The maximum Gasteiger partial charge on any atom is 0.236 e. The normalized spacial score (nSPS) is 21.2. The topological polar surface area (TPSA) is 41.6 Å². The number of carbonyl (C=O) groups is 1. The van der Waals surface area contributed by atoms with Gasteiger partial charge in [0.2, 0.25) is 5.91 Å². The molecule has 0 spiro atoms. The molecule has 1 heterocycles. The second-order valence-corrected chi connectivity index (χ2v) is 3.41. The molecule has 4 heteroatoms. The van der Waals surface area contributed by atoms with E-state index >= 15 is 0 Å². The van der Waals surface area contributed by atoms with Crippen molar-refractivity contribution in [2.75, 3.05) is 33.3 Å². The summed E-state index contributed by atoms with van der Waals surface area (Å²) in [5.41, 5.74) is 0. The van der Waals surface area contributed by atoms with Gasteiger partial charge < -0.3 is 15.0 Å². The lowest BCUT2D eigenvalue weighted by Gasteiger charge is -2.16. The first-order chi connectivity index (χ1) is 6.77. The quantitative estimate of drug-likeness (QED) is 0.500. The van der Waals surface area contributed by atoms with E-state index in [-0.39, 0.29) is 12.0 Å². The Labute approximate surface area is 84.9 Å². The van der Waals surface area contributed by atoms with E-state index < -0.39 is 0 Å². The standard InChI is InChI=1S/C10H18N2O2/c1-3-5-11-7-10(13)12-6-4-9(8-12)14-2/h3,9,11H,1,4-8H2,2H3. The minimum atomic E-state index is 0.145. The van der Waals surface area contributed by atoms with Crippen LogP contribution in [0.1, 0.15) is 6.42 Å². The third kappa shape index (κ3) is 3.12. The lowest BCUT2D eigenvalue weighted by atomic mass is 10.3. The van der Waals surface area contributed by atoms with Crippen molar-refractivity contribution in [3.8, 4) is 0 Å². The Morgan fingerprint density at radius 1 is 1.79 bits per heavy atom. The van der Waals surface area contributed by atoms with Crippen LogP contribution in [0.25, 0.3) is 0 Å². The number of ether oxygens (including phenoxy) is 1. The van der Waals surface area contributed by atoms with Gasteiger partial charge in [-0.3, -0.25) is 4.79 Å². The van der Waals surface area contributed by atoms with E-state index in [1.807, 2.05) is 4.90 Å². The first-order valence-electron chi connectivity index (χ1n) is 4.90. The molecular formula is C10H18N2O2. The van der Waals surface area contributed by atoms with Crippen molar-refractivity contribution in [1.82, 2.24) is 10.2 Å². The average Bonchev–Trinajstić information content (AvgIpc) is 2.66. The molecule has 1 saturated heterocycles.